The second kappa shape index (κ2) is 62.9. The third-order valence-corrected chi connectivity index (χ3v) is 17.6. The number of aliphatic hydroxyl groups is 8. The molecule has 540 valence electrons. The summed E-state index contributed by atoms with van der Waals surface area (Å²) in [6, 6.07) is -0.942. The second-order valence-corrected chi connectivity index (χ2v) is 26.0. The van der Waals surface area contributed by atoms with Gasteiger partial charge in [0.15, 0.2) is 12.6 Å². The second-order valence-electron chi connectivity index (χ2n) is 26.0. The number of unbranched alkanes of at least 4 members (excludes halogenated alkanes) is 30. The van der Waals surface area contributed by atoms with Crippen LogP contribution in [0.3, 0.4) is 0 Å². The van der Waals surface area contributed by atoms with Crippen molar-refractivity contribution in [1.29, 1.82) is 0 Å². The first-order valence-electron chi connectivity index (χ1n) is 37.8. The summed E-state index contributed by atoms with van der Waals surface area (Å²) in [5.74, 6) is -0.253. The maximum absolute atomic E-state index is 13.4. The van der Waals surface area contributed by atoms with Gasteiger partial charge < -0.3 is 65.1 Å². The van der Waals surface area contributed by atoms with E-state index < -0.39 is 86.8 Å². The van der Waals surface area contributed by atoms with Crippen LogP contribution >= 0.6 is 0 Å². The Labute approximate surface area is 571 Å². The van der Waals surface area contributed by atoms with Crippen LogP contribution in [0.1, 0.15) is 284 Å². The summed E-state index contributed by atoms with van der Waals surface area (Å²) in [7, 11) is 0. The van der Waals surface area contributed by atoms with E-state index in [4.69, 9.17) is 18.9 Å². The van der Waals surface area contributed by atoms with Gasteiger partial charge in [-0.05, 0) is 96.3 Å². The van der Waals surface area contributed by atoms with Gasteiger partial charge in [0, 0.05) is 6.42 Å². The number of aliphatic hydroxyl groups excluding tert-OH is 8. The average molecular weight is 1320 g/mol. The van der Waals surface area contributed by atoms with Crippen LogP contribution in [0.25, 0.3) is 0 Å². The van der Waals surface area contributed by atoms with E-state index in [-0.39, 0.29) is 18.9 Å². The van der Waals surface area contributed by atoms with Gasteiger partial charge in [0.1, 0.15) is 48.8 Å². The quantitative estimate of drug-likeness (QED) is 0.0204. The number of nitrogens with one attached hydrogen (secondary N) is 1. The summed E-state index contributed by atoms with van der Waals surface area (Å²) in [4.78, 5) is 13.4. The number of amides is 1. The molecule has 0 bridgehead atoms. The molecule has 0 saturated carbocycles. The van der Waals surface area contributed by atoms with Crippen molar-refractivity contribution in [3.05, 3.63) is 122 Å². The maximum atomic E-state index is 13.4. The molecular weight excluding hydrogens is 1180 g/mol. The minimum atomic E-state index is -1.80. The predicted molar refractivity (Wildman–Crippen MR) is 387 cm³/mol. The molecule has 94 heavy (non-hydrogen) atoms. The summed E-state index contributed by atoms with van der Waals surface area (Å²) in [5.41, 5.74) is 0. The Morgan fingerprint density at radius 2 is 0.745 bits per heavy atom. The van der Waals surface area contributed by atoms with Crippen molar-refractivity contribution in [2.75, 3.05) is 19.8 Å². The first-order valence-corrected chi connectivity index (χ1v) is 37.8. The number of carbonyl (C=O) groups excluding carboxylic acids is 1. The zero-order valence-corrected chi connectivity index (χ0v) is 58.9. The Kier molecular flexibility index (Phi) is 57.8. The van der Waals surface area contributed by atoms with E-state index in [0.717, 1.165) is 89.9 Å². The molecule has 14 heteroatoms. The van der Waals surface area contributed by atoms with Gasteiger partial charge in [0.2, 0.25) is 5.91 Å². The Balaban J connectivity index is 1.65. The maximum Gasteiger partial charge on any atom is 0.220 e. The molecular formula is C80H137NO13. The molecule has 0 spiro atoms. The molecule has 2 heterocycles. The molecule has 0 aromatic heterocycles. The first-order chi connectivity index (χ1) is 46.1. The van der Waals surface area contributed by atoms with Crippen LogP contribution < -0.4 is 5.32 Å². The van der Waals surface area contributed by atoms with Crippen molar-refractivity contribution in [3.63, 3.8) is 0 Å². The van der Waals surface area contributed by atoms with Gasteiger partial charge in [0.05, 0.1) is 32.0 Å². The molecule has 2 fully saturated rings. The van der Waals surface area contributed by atoms with Crippen molar-refractivity contribution in [1.82, 2.24) is 5.32 Å². The van der Waals surface area contributed by atoms with Crippen LogP contribution in [-0.2, 0) is 23.7 Å². The molecule has 14 nitrogen and oxygen atoms in total. The SMILES string of the molecule is CC/C=C\C/C=C\C/C=C\C/C=C\C/C=C\C/C=C\C/C=C\C/C=C\CCCCCCCCCCCCCCC(=O)NC(COC1OC(CO)C(OC2OC(CO)C(O)C(O)C2O)C(O)C1O)C(O)/C=C/CC/C=C/CCCCCCCCCCCCCCCCCCC. The zero-order chi connectivity index (χ0) is 68.0. The third-order valence-electron chi connectivity index (χ3n) is 17.6. The molecule has 2 aliphatic heterocycles. The molecule has 2 saturated heterocycles. The van der Waals surface area contributed by atoms with Crippen molar-refractivity contribution in [2.24, 2.45) is 0 Å². The van der Waals surface area contributed by atoms with E-state index in [1.807, 2.05) is 6.08 Å². The number of carbonyl (C=O) groups is 1. The third kappa shape index (κ3) is 45.8. The van der Waals surface area contributed by atoms with Crippen molar-refractivity contribution >= 4 is 5.91 Å². The summed E-state index contributed by atoms with van der Waals surface area (Å²) in [6.45, 7) is 2.69. The van der Waals surface area contributed by atoms with Crippen LogP contribution in [0.5, 0.6) is 0 Å². The summed E-state index contributed by atoms with van der Waals surface area (Å²) < 4.78 is 22.9. The lowest BCUT2D eigenvalue weighted by atomic mass is 9.97. The van der Waals surface area contributed by atoms with Gasteiger partial charge in [0.25, 0.3) is 0 Å². The Morgan fingerprint density at radius 3 is 1.17 bits per heavy atom. The van der Waals surface area contributed by atoms with E-state index in [1.165, 1.54) is 161 Å². The molecule has 0 aliphatic carbocycles. The van der Waals surface area contributed by atoms with Gasteiger partial charge in [-0.15, -0.1) is 0 Å². The highest BCUT2D eigenvalue weighted by Crippen LogP contribution is 2.30. The van der Waals surface area contributed by atoms with Gasteiger partial charge in [-0.2, -0.15) is 0 Å². The van der Waals surface area contributed by atoms with Crippen LogP contribution in [0.15, 0.2) is 122 Å². The fourth-order valence-corrected chi connectivity index (χ4v) is 11.7. The molecule has 12 atom stereocenters. The van der Waals surface area contributed by atoms with E-state index in [9.17, 15) is 45.6 Å². The van der Waals surface area contributed by atoms with Crippen LogP contribution in [0, 0.1) is 0 Å². The van der Waals surface area contributed by atoms with Crippen LogP contribution in [0.2, 0.25) is 0 Å². The highest BCUT2D eigenvalue weighted by atomic mass is 16.7. The Bertz CT molecular complexity index is 2040. The van der Waals surface area contributed by atoms with Crippen LogP contribution in [-0.4, -0.2) is 140 Å². The van der Waals surface area contributed by atoms with E-state index >= 15 is 0 Å². The standard InChI is InChI=1S/C80H137NO13/c1-3-5-7-9-11-13-15-17-19-21-23-25-27-28-29-30-31-32-33-34-35-36-37-38-39-40-42-44-46-48-50-52-54-56-58-60-62-64-72(85)81-68(67-91-79-77(90)75(88)78(71(66-83)93-79)94-80-76(89)74(87)73(86)70(65-82)92-80)69(84)63-61-59-57-55-53-51-49-47-45-43-41-26-24-22-20-18-16-14-12-10-8-6-4-2/h5,7,11,13,17,19,23,25,28-29,31-32,34-35,37-38,53,55,61,63,68-71,73-80,82-84,86-90H,3-4,6,8-10,12,14-16,18,20-22,24,26-27,30,33,36,39-52,54,56-60,62,64-67H2,1-2H3,(H,81,85)/b7-5-,13-11-,19-17-,25-23-,29-28-,32-31-,35-34-,38-37-,55-53+,63-61+. The molecule has 9 N–H and O–H groups in total. The lowest BCUT2D eigenvalue weighted by Gasteiger charge is -2.46. The number of allylic oxidation sites excluding steroid dienone is 19. The van der Waals surface area contributed by atoms with Crippen molar-refractivity contribution < 1.29 is 64.6 Å². The molecule has 2 aliphatic rings. The Morgan fingerprint density at radius 1 is 0.394 bits per heavy atom. The summed E-state index contributed by atoms with van der Waals surface area (Å²) in [6.07, 6.45) is 75.4. The number of hydrogen-bond donors (Lipinski definition) is 9. The topological polar surface area (TPSA) is 228 Å². The molecule has 2 rings (SSSR count). The average Bonchev–Trinajstić information content (AvgIpc) is 0.794. The highest BCUT2D eigenvalue weighted by molar-refractivity contribution is 5.76. The van der Waals surface area contributed by atoms with Crippen LogP contribution in [0.4, 0.5) is 0 Å². The number of hydrogen-bond acceptors (Lipinski definition) is 13. The number of rotatable bonds is 61. The monoisotopic (exact) mass is 1320 g/mol. The fourth-order valence-electron chi connectivity index (χ4n) is 11.7. The lowest BCUT2D eigenvalue weighted by Crippen LogP contribution is -2.65. The summed E-state index contributed by atoms with van der Waals surface area (Å²) in [5, 5.41) is 87.5. The highest BCUT2D eigenvalue weighted by Gasteiger charge is 2.51. The Hall–Kier alpha value is -3.61. The van der Waals surface area contributed by atoms with Gasteiger partial charge in [-0.3, -0.25) is 4.79 Å². The minimum absolute atomic E-state index is 0.253. The number of ether oxygens (including phenoxy) is 4. The normalized spacial score (nSPS) is 23.2. The van der Waals surface area contributed by atoms with Gasteiger partial charge in [-0.1, -0.05) is 302 Å². The van der Waals surface area contributed by atoms with Crippen molar-refractivity contribution in [2.45, 2.75) is 357 Å². The molecule has 0 radical (unpaired) electrons. The van der Waals surface area contributed by atoms with E-state index in [2.05, 4.69) is 129 Å². The fraction of sp³-hybridized carbons (Fsp3) is 0.738. The molecule has 12 unspecified atom stereocenters. The summed E-state index contributed by atoms with van der Waals surface area (Å²) >= 11 is 0. The lowest BCUT2D eigenvalue weighted by molar-refractivity contribution is -0.359. The molecule has 1 amide bonds. The van der Waals surface area contributed by atoms with Crippen molar-refractivity contribution in [3.8, 4) is 0 Å². The predicted octanol–water partition coefficient (Wildman–Crippen LogP) is 16.5. The molecule has 0 aromatic carbocycles. The zero-order valence-electron chi connectivity index (χ0n) is 58.9. The van der Waals surface area contributed by atoms with E-state index in [0.29, 0.717) is 12.8 Å². The largest absolute Gasteiger partial charge is 0.394 e. The first kappa shape index (κ1) is 86.5. The van der Waals surface area contributed by atoms with Gasteiger partial charge in [-0.25, -0.2) is 0 Å². The smallest absolute Gasteiger partial charge is 0.220 e. The minimum Gasteiger partial charge on any atom is -0.394 e. The molecule has 0 aromatic rings. The van der Waals surface area contributed by atoms with Gasteiger partial charge >= 0.3 is 0 Å². The van der Waals surface area contributed by atoms with E-state index in [1.54, 1.807) is 6.08 Å².